The van der Waals surface area contributed by atoms with Gasteiger partial charge in [-0.15, -0.1) is 0 Å². The number of hydrogen-bond donors (Lipinski definition) is 7. The van der Waals surface area contributed by atoms with Crippen LogP contribution in [0.1, 0.15) is 24.8 Å². The van der Waals surface area contributed by atoms with Gasteiger partial charge >= 0.3 is 0 Å². The van der Waals surface area contributed by atoms with Gasteiger partial charge in [0, 0.05) is 32.7 Å². The van der Waals surface area contributed by atoms with Crippen molar-refractivity contribution in [1.82, 2.24) is 10.1 Å². The van der Waals surface area contributed by atoms with Crippen molar-refractivity contribution in [2.75, 3.05) is 42.4 Å². The topological polar surface area (TPSA) is 199 Å². The molecule has 0 aliphatic carbocycles. The number of benzene rings is 1. The molecule has 0 spiro atoms. The Balaban J connectivity index is 2.61. The standard InChI is InChI=1S/C16H32N10O2S2/c1-25(29-28-21)15-13(30(27)22-8-2-7-17)4-3-12(14(15)16(23-19)24-20)26-9-5-11(18)6-10-26/h3-4,11,22H,2,5-10,17-21H2,1H3,(H,23,24). The first-order chi connectivity index (χ1) is 14.5. The quantitative estimate of drug-likeness (QED) is 0.0409. The molecule has 1 saturated heterocycles. The summed E-state index contributed by atoms with van der Waals surface area (Å²) in [5.74, 6) is 16.9. The zero-order chi connectivity index (χ0) is 22.1. The third-order valence-corrected chi connectivity index (χ3v) is 6.47. The van der Waals surface area contributed by atoms with Crippen LogP contribution in [0.2, 0.25) is 0 Å². The fourth-order valence-electron chi connectivity index (χ4n) is 3.28. The first-order valence-corrected chi connectivity index (χ1v) is 11.4. The highest BCUT2D eigenvalue weighted by Gasteiger charge is 2.28. The number of piperidine rings is 1. The van der Waals surface area contributed by atoms with Crippen LogP contribution in [-0.4, -0.2) is 49.3 Å². The second-order valence-corrected chi connectivity index (χ2v) is 8.88. The molecule has 1 fully saturated rings. The Labute approximate surface area is 183 Å². The lowest BCUT2D eigenvalue weighted by Crippen LogP contribution is -2.42. The van der Waals surface area contributed by atoms with E-state index in [1.807, 2.05) is 6.07 Å². The average Bonchev–Trinajstić information content (AvgIpc) is 2.75. The van der Waals surface area contributed by atoms with E-state index in [4.69, 9.17) is 33.3 Å². The molecule has 0 bridgehead atoms. The molecular weight excluding hydrogens is 428 g/mol. The molecule has 14 heteroatoms. The number of nitrogens with two attached hydrogens (primary N) is 5. The molecule has 1 aliphatic heterocycles. The third-order valence-electron chi connectivity index (χ3n) is 4.79. The maximum absolute atomic E-state index is 13.0. The highest BCUT2D eigenvalue weighted by atomic mass is 32.2. The first kappa shape index (κ1) is 24.6. The van der Waals surface area contributed by atoms with Crippen molar-refractivity contribution in [3.63, 3.8) is 0 Å². The minimum atomic E-state index is -1.53. The van der Waals surface area contributed by atoms with Crippen LogP contribution in [0.25, 0.3) is 0 Å². The fourth-order valence-corrected chi connectivity index (χ4v) is 4.82. The van der Waals surface area contributed by atoms with E-state index in [1.54, 1.807) is 17.4 Å². The van der Waals surface area contributed by atoms with Gasteiger partial charge in [0.05, 0.1) is 21.8 Å². The van der Waals surface area contributed by atoms with Gasteiger partial charge < -0.3 is 27.6 Å². The summed E-state index contributed by atoms with van der Waals surface area (Å²) in [7, 11) is 0.203. The molecule has 1 aromatic carbocycles. The minimum absolute atomic E-state index is 0.168. The molecular formula is C16H32N10O2S2. The van der Waals surface area contributed by atoms with Crippen LogP contribution >= 0.6 is 12.2 Å². The van der Waals surface area contributed by atoms with Crippen molar-refractivity contribution in [3.8, 4) is 0 Å². The van der Waals surface area contributed by atoms with Crippen LogP contribution in [0.5, 0.6) is 0 Å². The van der Waals surface area contributed by atoms with Crippen LogP contribution in [0.4, 0.5) is 11.4 Å². The normalized spacial score (nSPS) is 16.6. The summed E-state index contributed by atoms with van der Waals surface area (Å²) in [5, 5.41) is 3.81. The summed E-state index contributed by atoms with van der Waals surface area (Å²) in [6.45, 7) is 2.52. The molecule has 1 heterocycles. The lowest BCUT2D eigenvalue weighted by atomic mass is 10.0. The minimum Gasteiger partial charge on any atom is -0.371 e. The van der Waals surface area contributed by atoms with Gasteiger partial charge in [0.15, 0.2) is 5.84 Å². The SMILES string of the molecule is CN(SON)c1c(S(=O)NCCCN)ccc(N2CCC(N)CC2)c1/C(=N/N)NN. The van der Waals surface area contributed by atoms with Crippen molar-refractivity contribution >= 4 is 40.4 Å². The molecule has 1 aromatic rings. The van der Waals surface area contributed by atoms with Crippen LogP contribution in [0.3, 0.4) is 0 Å². The molecule has 2 rings (SSSR count). The summed E-state index contributed by atoms with van der Waals surface area (Å²) in [6, 6.07) is 3.85. The number of nitrogens with zero attached hydrogens (tertiary/aromatic N) is 3. The van der Waals surface area contributed by atoms with E-state index in [1.165, 1.54) is 0 Å². The summed E-state index contributed by atoms with van der Waals surface area (Å²) >= 11 is 0.879. The number of amidine groups is 1. The molecule has 12 nitrogen and oxygen atoms in total. The molecule has 30 heavy (non-hydrogen) atoms. The van der Waals surface area contributed by atoms with Crippen LogP contribution in [0, 0.1) is 0 Å². The molecule has 12 N–H and O–H groups in total. The van der Waals surface area contributed by atoms with Crippen LogP contribution in [0.15, 0.2) is 22.1 Å². The number of rotatable bonds is 10. The smallest absolute Gasteiger partial charge is 0.171 e. The largest absolute Gasteiger partial charge is 0.371 e. The van der Waals surface area contributed by atoms with Gasteiger partial charge in [0.1, 0.15) is 23.2 Å². The second kappa shape index (κ2) is 12.3. The van der Waals surface area contributed by atoms with E-state index >= 15 is 0 Å². The first-order valence-electron chi connectivity index (χ1n) is 9.53. The Hall–Kier alpha value is -1.65. The van der Waals surface area contributed by atoms with Crippen molar-refractivity contribution in [2.24, 2.45) is 34.2 Å². The second-order valence-electron chi connectivity index (χ2n) is 6.73. The number of nitrogens with one attached hydrogen (secondary N) is 2. The Kier molecular flexibility index (Phi) is 10.1. The molecule has 1 unspecified atom stereocenters. The van der Waals surface area contributed by atoms with E-state index < -0.39 is 11.0 Å². The van der Waals surface area contributed by atoms with Crippen molar-refractivity contribution in [3.05, 3.63) is 17.7 Å². The summed E-state index contributed by atoms with van der Waals surface area (Å²) < 4.78 is 22.4. The van der Waals surface area contributed by atoms with Crippen LogP contribution < -0.4 is 48.4 Å². The zero-order valence-electron chi connectivity index (χ0n) is 17.0. The number of anilines is 2. The predicted molar refractivity (Wildman–Crippen MR) is 123 cm³/mol. The Morgan fingerprint density at radius 1 is 1.43 bits per heavy atom. The summed E-state index contributed by atoms with van der Waals surface area (Å²) in [4.78, 5) is 2.68. The molecule has 1 aliphatic rings. The summed E-state index contributed by atoms with van der Waals surface area (Å²) in [5.41, 5.74) is 16.1. The average molecular weight is 461 g/mol. The lowest BCUT2D eigenvalue weighted by molar-refractivity contribution is 0.397. The molecule has 1 atom stereocenters. The van der Waals surface area contributed by atoms with Gasteiger partial charge in [-0.25, -0.2) is 25.0 Å². The number of hydrazone groups is 1. The predicted octanol–water partition coefficient (Wildman–Crippen LogP) is -1.45. The highest BCUT2D eigenvalue weighted by Crippen LogP contribution is 2.38. The molecule has 170 valence electrons. The van der Waals surface area contributed by atoms with E-state index in [-0.39, 0.29) is 11.9 Å². The van der Waals surface area contributed by atoms with Gasteiger partial charge in [0.2, 0.25) is 0 Å². The Morgan fingerprint density at radius 3 is 2.70 bits per heavy atom. The van der Waals surface area contributed by atoms with Crippen LogP contribution in [-0.2, 0) is 15.3 Å². The number of hydrogen-bond acceptors (Lipinski definition) is 11. The molecule has 0 amide bonds. The maximum Gasteiger partial charge on any atom is 0.171 e. The summed E-state index contributed by atoms with van der Waals surface area (Å²) in [6.07, 6.45) is 2.39. The van der Waals surface area contributed by atoms with E-state index in [0.717, 1.165) is 43.8 Å². The monoisotopic (exact) mass is 460 g/mol. The van der Waals surface area contributed by atoms with Gasteiger partial charge in [-0.05, 0) is 37.9 Å². The Bertz CT molecular complexity index is 743. The van der Waals surface area contributed by atoms with E-state index in [9.17, 15) is 4.21 Å². The lowest BCUT2D eigenvalue weighted by Gasteiger charge is -2.35. The van der Waals surface area contributed by atoms with E-state index in [2.05, 4.69) is 20.1 Å². The fraction of sp³-hybridized carbons (Fsp3) is 0.562. The third kappa shape index (κ3) is 5.95. The molecule has 0 saturated carbocycles. The van der Waals surface area contributed by atoms with Gasteiger partial charge in [-0.1, -0.05) is 0 Å². The Morgan fingerprint density at radius 2 is 2.13 bits per heavy atom. The zero-order valence-corrected chi connectivity index (χ0v) is 18.7. The van der Waals surface area contributed by atoms with Gasteiger partial charge in [-0.3, -0.25) is 4.31 Å². The number of hydrazine groups is 1. The van der Waals surface area contributed by atoms with Crippen molar-refractivity contribution in [1.29, 1.82) is 0 Å². The van der Waals surface area contributed by atoms with Crippen molar-refractivity contribution in [2.45, 2.75) is 30.2 Å². The molecule has 0 radical (unpaired) electrons. The maximum atomic E-state index is 13.0. The van der Waals surface area contributed by atoms with Crippen molar-refractivity contribution < 1.29 is 8.49 Å². The highest BCUT2D eigenvalue weighted by molar-refractivity contribution is 7.96. The van der Waals surface area contributed by atoms with Gasteiger partial charge in [-0.2, -0.15) is 5.10 Å². The van der Waals surface area contributed by atoms with Gasteiger partial charge in [0.25, 0.3) is 0 Å². The molecule has 0 aromatic heterocycles. The van der Waals surface area contributed by atoms with E-state index in [0.29, 0.717) is 35.7 Å².